The van der Waals surface area contributed by atoms with E-state index in [4.69, 9.17) is 9.15 Å². The topological polar surface area (TPSA) is 86.4 Å². The number of carbonyl (C=O) groups excluding carboxylic acids is 1. The Balaban J connectivity index is 1.59. The molecule has 0 atom stereocenters. The molecule has 0 spiro atoms. The fraction of sp³-hybridized carbons (Fsp3) is 0.190. The number of anilines is 1. The minimum atomic E-state index is -0.217. The Labute approximate surface area is 180 Å². The second kappa shape index (κ2) is 8.76. The third kappa shape index (κ3) is 4.27. The van der Waals surface area contributed by atoms with Gasteiger partial charge in [0.05, 0.1) is 36.7 Å². The summed E-state index contributed by atoms with van der Waals surface area (Å²) >= 11 is 2.67. The van der Waals surface area contributed by atoms with Crippen LogP contribution < -0.4 is 15.6 Å². The number of hydrogen-bond donors (Lipinski definition) is 1. The SMILES string of the molecule is COc1ccccc1NC(=O)CSc1nc2sc(C)cc2c(=O)n1Cc1ccco1. The molecule has 0 unspecified atom stereocenters. The number of hydrogen-bond acceptors (Lipinski definition) is 7. The van der Waals surface area contributed by atoms with Gasteiger partial charge in [-0.15, -0.1) is 11.3 Å². The van der Waals surface area contributed by atoms with Crippen LogP contribution in [0, 0.1) is 6.92 Å². The smallest absolute Gasteiger partial charge is 0.263 e. The quantitative estimate of drug-likeness (QED) is 0.343. The van der Waals surface area contributed by atoms with Gasteiger partial charge in [-0.1, -0.05) is 23.9 Å². The lowest BCUT2D eigenvalue weighted by molar-refractivity contribution is -0.113. The third-order valence-electron chi connectivity index (χ3n) is 4.35. The van der Waals surface area contributed by atoms with Gasteiger partial charge in [0.2, 0.25) is 5.91 Å². The fourth-order valence-electron chi connectivity index (χ4n) is 2.99. The molecule has 30 heavy (non-hydrogen) atoms. The molecule has 4 aromatic rings. The highest BCUT2D eigenvalue weighted by atomic mass is 32.2. The number of thiophene rings is 1. The van der Waals surface area contributed by atoms with E-state index in [-0.39, 0.29) is 23.8 Å². The lowest BCUT2D eigenvalue weighted by atomic mass is 10.3. The number of rotatable bonds is 7. The highest BCUT2D eigenvalue weighted by molar-refractivity contribution is 7.99. The molecule has 1 N–H and O–H groups in total. The molecule has 4 rings (SSSR count). The van der Waals surface area contributed by atoms with E-state index >= 15 is 0 Å². The van der Waals surface area contributed by atoms with Gasteiger partial charge >= 0.3 is 0 Å². The molecule has 0 saturated carbocycles. The maximum absolute atomic E-state index is 13.1. The van der Waals surface area contributed by atoms with E-state index in [0.29, 0.717) is 32.6 Å². The lowest BCUT2D eigenvalue weighted by Crippen LogP contribution is -2.24. The minimum Gasteiger partial charge on any atom is -0.495 e. The molecule has 3 aromatic heterocycles. The molecule has 0 aliphatic carbocycles. The van der Waals surface area contributed by atoms with Crippen LogP contribution >= 0.6 is 23.1 Å². The van der Waals surface area contributed by atoms with Crippen molar-refractivity contribution in [2.75, 3.05) is 18.2 Å². The summed E-state index contributed by atoms with van der Waals surface area (Å²) < 4.78 is 12.2. The van der Waals surface area contributed by atoms with Crippen LogP contribution in [-0.2, 0) is 11.3 Å². The van der Waals surface area contributed by atoms with Crippen molar-refractivity contribution in [2.24, 2.45) is 0 Å². The minimum absolute atomic E-state index is 0.0957. The first-order valence-corrected chi connectivity index (χ1v) is 10.9. The molecule has 154 valence electrons. The Morgan fingerprint density at radius 1 is 1.30 bits per heavy atom. The van der Waals surface area contributed by atoms with E-state index < -0.39 is 0 Å². The molecule has 7 nitrogen and oxygen atoms in total. The number of benzene rings is 1. The Bertz CT molecular complexity index is 1250. The summed E-state index contributed by atoms with van der Waals surface area (Å²) in [6.07, 6.45) is 1.56. The number of para-hydroxylation sites is 2. The molecule has 0 radical (unpaired) electrons. The average molecular weight is 442 g/mol. The van der Waals surface area contributed by atoms with Crippen molar-refractivity contribution in [1.29, 1.82) is 0 Å². The van der Waals surface area contributed by atoms with Crippen LogP contribution in [0.4, 0.5) is 5.69 Å². The predicted molar refractivity (Wildman–Crippen MR) is 119 cm³/mol. The number of furan rings is 1. The summed E-state index contributed by atoms with van der Waals surface area (Å²) in [7, 11) is 1.55. The summed E-state index contributed by atoms with van der Waals surface area (Å²) in [6, 6.07) is 12.6. The number of thioether (sulfide) groups is 1. The third-order valence-corrected chi connectivity index (χ3v) is 6.27. The van der Waals surface area contributed by atoms with Crippen molar-refractivity contribution in [3.63, 3.8) is 0 Å². The van der Waals surface area contributed by atoms with E-state index in [2.05, 4.69) is 10.3 Å². The number of aromatic nitrogens is 2. The van der Waals surface area contributed by atoms with Gasteiger partial charge in [0.1, 0.15) is 16.3 Å². The number of ether oxygens (including phenoxy) is 1. The first-order chi connectivity index (χ1) is 14.5. The van der Waals surface area contributed by atoms with Crippen molar-refractivity contribution in [2.45, 2.75) is 18.6 Å². The Morgan fingerprint density at radius 2 is 2.13 bits per heavy atom. The summed E-state index contributed by atoms with van der Waals surface area (Å²) in [5.41, 5.74) is 0.448. The van der Waals surface area contributed by atoms with Crippen molar-refractivity contribution < 1.29 is 13.9 Å². The molecule has 9 heteroatoms. The van der Waals surface area contributed by atoms with Crippen LogP contribution in [0.5, 0.6) is 5.75 Å². The van der Waals surface area contributed by atoms with Crippen molar-refractivity contribution >= 4 is 44.9 Å². The van der Waals surface area contributed by atoms with Crippen LogP contribution in [0.1, 0.15) is 10.6 Å². The maximum Gasteiger partial charge on any atom is 0.263 e. The second-order valence-electron chi connectivity index (χ2n) is 6.48. The van der Waals surface area contributed by atoms with E-state index in [0.717, 1.165) is 4.88 Å². The van der Waals surface area contributed by atoms with E-state index in [1.807, 2.05) is 25.1 Å². The highest BCUT2D eigenvalue weighted by Crippen LogP contribution is 2.26. The zero-order valence-corrected chi connectivity index (χ0v) is 18.0. The molecular formula is C21H19N3O4S2. The van der Waals surface area contributed by atoms with E-state index in [1.54, 1.807) is 42.2 Å². The molecule has 0 bridgehead atoms. The number of amides is 1. The Morgan fingerprint density at radius 3 is 2.90 bits per heavy atom. The molecule has 1 aromatic carbocycles. The van der Waals surface area contributed by atoms with Crippen LogP contribution in [0.2, 0.25) is 0 Å². The number of nitrogens with one attached hydrogen (secondary N) is 1. The largest absolute Gasteiger partial charge is 0.495 e. The molecule has 0 aliphatic rings. The van der Waals surface area contributed by atoms with Gasteiger partial charge in [0.25, 0.3) is 5.56 Å². The zero-order valence-electron chi connectivity index (χ0n) is 16.4. The number of methoxy groups -OCH3 is 1. The number of aryl methyl sites for hydroxylation is 1. The molecular weight excluding hydrogens is 422 g/mol. The Hall–Kier alpha value is -3.04. The van der Waals surface area contributed by atoms with Gasteiger partial charge in [-0.3, -0.25) is 14.2 Å². The van der Waals surface area contributed by atoms with E-state index in [1.165, 1.54) is 23.1 Å². The molecule has 0 saturated heterocycles. The van der Waals surface area contributed by atoms with Crippen molar-refractivity contribution in [3.05, 3.63) is 69.7 Å². The van der Waals surface area contributed by atoms with Gasteiger partial charge in [-0.2, -0.15) is 0 Å². The van der Waals surface area contributed by atoms with Crippen LogP contribution in [0.25, 0.3) is 10.2 Å². The van der Waals surface area contributed by atoms with Crippen molar-refractivity contribution in [3.8, 4) is 5.75 Å². The van der Waals surface area contributed by atoms with Gasteiger partial charge in [0.15, 0.2) is 5.16 Å². The molecule has 1 amide bonds. The van der Waals surface area contributed by atoms with Gasteiger partial charge < -0.3 is 14.5 Å². The number of nitrogens with zero attached hydrogens (tertiary/aromatic N) is 2. The summed E-state index contributed by atoms with van der Waals surface area (Å²) in [5, 5.41) is 3.89. The molecule has 0 fully saturated rings. The van der Waals surface area contributed by atoms with Crippen molar-refractivity contribution in [1.82, 2.24) is 9.55 Å². The summed E-state index contributed by atoms with van der Waals surface area (Å²) in [5.74, 6) is 1.11. The van der Waals surface area contributed by atoms with E-state index in [9.17, 15) is 9.59 Å². The predicted octanol–water partition coefficient (Wildman–Crippen LogP) is 4.15. The van der Waals surface area contributed by atoms with Gasteiger partial charge in [-0.25, -0.2) is 4.98 Å². The highest BCUT2D eigenvalue weighted by Gasteiger charge is 2.17. The van der Waals surface area contributed by atoms with Crippen LogP contribution in [-0.4, -0.2) is 28.3 Å². The lowest BCUT2D eigenvalue weighted by Gasteiger charge is -2.12. The normalized spacial score (nSPS) is 11.0. The molecule has 3 heterocycles. The fourth-order valence-corrected chi connectivity index (χ4v) is 4.71. The van der Waals surface area contributed by atoms with Gasteiger partial charge in [0, 0.05) is 4.88 Å². The summed E-state index contributed by atoms with van der Waals surface area (Å²) in [4.78, 5) is 31.9. The number of fused-ring (bicyclic) bond motifs is 1. The monoisotopic (exact) mass is 441 g/mol. The molecule has 0 aliphatic heterocycles. The van der Waals surface area contributed by atoms with Gasteiger partial charge in [-0.05, 0) is 37.3 Å². The van der Waals surface area contributed by atoms with Crippen LogP contribution in [0.3, 0.4) is 0 Å². The number of carbonyl (C=O) groups is 1. The second-order valence-corrected chi connectivity index (χ2v) is 8.66. The summed E-state index contributed by atoms with van der Waals surface area (Å²) in [6.45, 7) is 2.19. The Kier molecular flexibility index (Phi) is 5.91. The standard InChI is InChI=1S/C21H19N3O4S2/c1-13-10-15-19(30-13)23-21(24(20(15)26)11-14-6-5-9-28-14)29-12-18(25)22-16-7-3-4-8-17(16)27-2/h3-10H,11-12H2,1-2H3,(H,22,25). The van der Waals surface area contributed by atoms with Crippen LogP contribution in [0.15, 0.2) is 63.1 Å². The average Bonchev–Trinajstić information content (AvgIpc) is 3.38. The first kappa shape index (κ1) is 20.2. The first-order valence-electron chi connectivity index (χ1n) is 9.14. The maximum atomic E-state index is 13.1. The zero-order chi connectivity index (χ0) is 21.1.